The molecule has 6 nitrogen and oxygen atoms in total. The Kier molecular flexibility index (Phi) is 2.71. The number of thiophene rings is 1. The molecule has 0 aromatic carbocycles. The van der Waals surface area contributed by atoms with Crippen molar-refractivity contribution in [1.82, 2.24) is 29.8 Å². The number of rotatable bonds is 2. The maximum atomic E-state index is 4.53. The molecule has 0 bridgehead atoms. The third-order valence-corrected chi connectivity index (χ3v) is 3.96. The Hall–Kier alpha value is -2.67. The highest BCUT2D eigenvalue weighted by molar-refractivity contribution is 7.10. The van der Waals surface area contributed by atoms with Crippen LogP contribution in [0.15, 0.2) is 36.1 Å². The van der Waals surface area contributed by atoms with Gasteiger partial charge in [0.1, 0.15) is 5.69 Å². The van der Waals surface area contributed by atoms with Crippen LogP contribution in [0.2, 0.25) is 0 Å². The van der Waals surface area contributed by atoms with E-state index in [9.17, 15) is 0 Å². The molecule has 4 heterocycles. The van der Waals surface area contributed by atoms with Crippen LogP contribution in [0.25, 0.3) is 23.2 Å². The number of aromatic nitrogens is 6. The van der Waals surface area contributed by atoms with Crippen LogP contribution >= 0.6 is 11.3 Å². The first-order chi connectivity index (χ1) is 10.3. The molecular weight excluding hydrogens is 284 g/mol. The maximum absolute atomic E-state index is 4.53. The van der Waals surface area contributed by atoms with Crippen LogP contribution in [0, 0.1) is 6.92 Å². The van der Waals surface area contributed by atoms with Gasteiger partial charge in [0.2, 0.25) is 5.82 Å². The van der Waals surface area contributed by atoms with Crippen molar-refractivity contribution < 1.29 is 0 Å². The smallest absolute Gasteiger partial charge is 0.205 e. The summed E-state index contributed by atoms with van der Waals surface area (Å²) in [5.74, 6) is 0.604. The molecule has 4 aromatic rings. The van der Waals surface area contributed by atoms with Crippen LogP contribution < -0.4 is 5.22 Å². The van der Waals surface area contributed by atoms with Gasteiger partial charge in [-0.15, -0.1) is 21.5 Å². The van der Waals surface area contributed by atoms with Crippen LogP contribution in [0.4, 0.5) is 0 Å². The lowest BCUT2D eigenvalue weighted by molar-refractivity contribution is 0.928. The zero-order valence-corrected chi connectivity index (χ0v) is 11.9. The quantitative estimate of drug-likeness (QED) is 0.560. The molecule has 102 valence electrons. The number of aryl methyl sites for hydroxylation is 1. The highest BCUT2D eigenvalue weighted by Crippen LogP contribution is 2.14. The second kappa shape index (κ2) is 4.71. The molecule has 0 aliphatic heterocycles. The van der Waals surface area contributed by atoms with E-state index in [-0.39, 0.29) is 0 Å². The van der Waals surface area contributed by atoms with E-state index in [4.69, 9.17) is 0 Å². The van der Waals surface area contributed by atoms with E-state index in [2.05, 4.69) is 37.4 Å². The number of fused-ring (bicyclic) bond motifs is 1. The molecule has 21 heavy (non-hydrogen) atoms. The summed E-state index contributed by atoms with van der Waals surface area (Å²) in [6.45, 7) is 1.97. The fourth-order valence-electron chi connectivity index (χ4n) is 2.17. The highest BCUT2D eigenvalue weighted by Gasteiger charge is 2.14. The second-order valence-corrected chi connectivity index (χ2v) is 5.49. The van der Waals surface area contributed by atoms with Gasteiger partial charge < -0.3 is 0 Å². The van der Waals surface area contributed by atoms with Crippen molar-refractivity contribution in [2.45, 2.75) is 6.92 Å². The van der Waals surface area contributed by atoms with Crippen LogP contribution in [-0.4, -0.2) is 29.8 Å². The second-order valence-electron chi connectivity index (χ2n) is 4.51. The Labute approximate surface area is 123 Å². The van der Waals surface area contributed by atoms with E-state index in [1.165, 1.54) is 0 Å². The lowest BCUT2D eigenvalue weighted by atomic mass is 10.3. The minimum absolute atomic E-state index is 0.604. The zero-order chi connectivity index (χ0) is 14.2. The van der Waals surface area contributed by atoms with Gasteiger partial charge in [-0.05, 0) is 24.4 Å². The lowest BCUT2D eigenvalue weighted by Gasteiger charge is -1.93. The average molecular weight is 294 g/mol. The Morgan fingerprint density at radius 2 is 2.19 bits per heavy atom. The van der Waals surface area contributed by atoms with Gasteiger partial charge >= 0.3 is 0 Å². The Balaban J connectivity index is 1.96. The van der Waals surface area contributed by atoms with Crippen molar-refractivity contribution in [2.24, 2.45) is 0 Å². The fourth-order valence-corrected chi connectivity index (χ4v) is 2.82. The fraction of sp³-hybridized carbons (Fsp3) is 0.0714. The molecule has 0 N–H and O–H groups in total. The van der Waals surface area contributed by atoms with Crippen molar-refractivity contribution >= 4 is 23.1 Å². The Morgan fingerprint density at radius 3 is 2.95 bits per heavy atom. The largest absolute Gasteiger partial charge is 0.261 e. The molecule has 0 saturated carbocycles. The average Bonchev–Trinajstić information content (AvgIpc) is 3.20. The summed E-state index contributed by atoms with van der Waals surface area (Å²) < 4.78 is 1.72. The van der Waals surface area contributed by atoms with Gasteiger partial charge in [0.05, 0.1) is 11.9 Å². The number of hydrogen-bond donors (Lipinski definition) is 0. The highest BCUT2D eigenvalue weighted by atomic mass is 32.1. The van der Waals surface area contributed by atoms with Crippen LogP contribution in [0.3, 0.4) is 0 Å². The molecule has 0 spiro atoms. The predicted molar refractivity (Wildman–Crippen MR) is 79.6 cm³/mol. The van der Waals surface area contributed by atoms with Gasteiger partial charge in [0.25, 0.3) is 0 Å². The molecule has 0 amide bonds. The summed E-state index contributed by atoms with van der Waals surface area (Å²) in [6.07, 6.45) is 6.99. The van der Waals surface area contributed by atoms with Gasteiger partial charge in [0.15, 0.2) is 5.65 Å². The van der Waals surface area contributed by atoms with Crippen molar-refractivity contribution in [3.8, 4) is 11.5 Å². The maximum Gasteiger partial charge on any atom is 0.205 e. The van der Waals surface area contributed by atoms with E-state index >= 15 is 0 Å². The normalized spacial score (nSPS) is 12.3. The molecule has 0 atom stereocenters. The molecular formula is C14H10N6S. The van der Waals surface area contributed by atoms with Gasteiger partial charge in [-0.2, -0.15) is 9.61 Å². The van der Waals surface area contributed by atoms with Crippen molar-refractivity contribution in [2.75, 3.05) is 0 Å². The van der Waals surface area contributed by atoms with Gasteiger partial charge in [-0.3, -0.25) is 4.98 Å². The Bertz CT molecular complexity index is 943. The summed E-state index contributed by atoms with van der Waals surface area (Å²) in [7, 11) is 0. The van der Waals surface area contributed by atoms with E-state index in [1.807, 2.05) is 18.4 Å². The first-order valence-electron chi connectivity index (χ1n) is 6.36. The third kappa shape index (κ3) is 1.98. The standard InChI is InChI=1S/C14H10N6S/c1-9-11(7-10-3-2-6-21-10)13-17-18-14(20(13)19-9)12-8-15-4-5-16-12/h2-8H,1H3. The molecule has 0 fully saturated rings. The van der Waals surface area contributed by atoms with Crippen molar-refractivity contribution in [3.05, 3.63) is 51.9 Å². The van der Waals surface area contributed by atoms with E-state index in [1.54, 1.807) is 34.4 Å². The van der Waals surface area contributed by atoms with Gasteiger partial charge in [-0.1, -0.05) is 6.07 Å². The van der Waals surface area contributed by atoms with Gasteiger partial charge in [0, 0.05) is 22.5 Å². The molecule has 0 radical (unpaired) electrons. The molecule has 0 aliphatic rings. The summed E-state index contributed by atoms with van der Waals surface area (Å²) >= 11 is 1.68. The first kappa shape index (κ1) is 12.1. The first-order valence-corrected chi connectivity index (χ1v) is 7.24. The summed E-state index contributed by atoms with van der Waals surface area (Å²) in [5.41, 5.74) is 2.31. The minimum atomic E-state index is 0.604. The van der Waals surface area contributed by atoms with E-state index in [0.29, 0.717) is 11.5 Å². The van der Waals surface area contributed by atoms with Crippen LogP contribution in [0.5, 0.6) is 0 Å². The molecule has 0 saturated heterocycles. The van der Waals surface area contributed by atoms with E-state index in [0.717, 1.165) is 21.4 Å². The predicted octanol–water partition coefficient (Wildman–Crippen LogP) is 1.50. The molecule has 0 unspecified atom stereocenters. The van der Waals surface area contributed by atoms with E-state index < -0.39 is 0 Å². The van der Waals surface area contributed by atoms with Crippen LogP contribution in [-0.2, 0) is 0 Å². The number of hydrogen-bond acceptors (Lipinski definition) is 6. The summed E-state index contributed by atoms with van der Waals surface area (Å²) in [5, 5.41) is 16.0. The SMILES string of the molecule is Cc1nn2c(-c3cnccn3)nnc2c1=Cc1cccs1. The van der Waals surface area contributed by atoms with Crippen molar-refractivity contribution in [1.29, 1.82) is 0 Å². The third-order valence-electron chi connectivity index (χ3n) is 3.14. The van der Waals surface area contributed by atoms with Gasteiger partial charge in [-0.25, -0.2) is 4.98 Å². The molecule has 4 rings (SSSR count). The molecule has 7 heteroatoms. The molecule has 4 aromatic heterocycles. The minimum Gasteiger partial charge on any atom is -0.261 e. The Morgan fingerprint density at radius 1 is 1.24 bits per heavy atom. The van der Waals surface area contributed by atoms with Crippen LogP contribution in [0.1, 0.15) is 10.6 Å². The van der Waals surface area contributed by atoms with Crippen molar-refractivity contribution in [3.63, 3.8) is 0 Å². The summed E-state index contributed by atoms with van der Waals surface area (Å²) in [6, 6.07) is 4.09. The monoisotopic (exact) mass is 294 g/mol. The zero-order valence-electron chi connectivity index (χ0n) is 11.1. The lowest BCUT2D eigenvalue weighted by Crippen LogP contribution is -2.02. The number of nitrogens with zero attached hydrogens (tertiary/aromatic N) is 6. The topological polar surface area (TPSA) is 68.9 Å². The molecule has 0 aliphatic carbocycles. The summed E-state index contributed by atoms with van der Waals surface area (Å²) in [4.78, 5) is 9.48.